The number of aromatic nitrogens is 2. The number of methoxy groups -OCH3 is 1. The van der Waals surface area contributed by atoms with Crippen molar-refractivity contribution in [3.8, 4) is 0 Å². The third-order valence-electron chi connectivity index (χ3n) is 2.13. The lowest BCUT2D eigenvalue weighted by molar-refractivity contribution is 0.0921. The van der Waals surface area contributed by atoms with Crippen LogP contribution in [-0.2, 0) is 11.3 Å². The molecule has 0 radical (unpaired) electrons. The highest BCUT2D eigenvalue weighted by atomic mass is 16.5. The number of H-pyrrole nitrogens is 1. The first-order valence-electron chi connectivity index (χ1n) is 4.98. The van der Waals surface area contributed by atoms with Crippen molar-refractivity contribution in [2.45, 2.75) is 26.0 Å². The molecule has 1 heterocycles. The van der Waals surface area contributed by atoms with Gasteiger partial charge >= 0.3 is 0 Å². The molecule has 0 spiro atoms. The van der Waals surface area contributed by atoms with Crippen molar-refractivity contribution >= 4 is 0 Å². The summed E-state index contributed by atoms with van der Waals surface area (Å²) in [5.41, 5.74) is 0.590. The van der Waals surface area contributed by atoms with E-state index in [1.54, 1.807) is 7.11 Å². The monoisotopic (exact) mass is 211 g/mol. The first-order chi connectivity index (χ1) is 7.21. The van der Waals surface area contributed by atoms with Gasteiger partial charge in [-0.15, -0.1) is 0 Å². The fraction of sp³-hybridized carbons (Fsp3) is 0.600. The molecule has 0 aliphatic heterocycles. The molecule has 2 N–H and O–H groups in total. The number of hydrogen-bond donors (Lipinski definition) is 2. The number of nitrogens with one attached hydrogen (secondary N) is 2. The van der Waals surface area contributed by atoms with Crippen molar-refractivity contribution in [2.24, 2.45) is 0 Å². The van der Waals surface area contributed by atoms with Crippen LogP contribution >= 0.6 is 0 Å². The topological polar surface area (TPSA) is 67.0 Å². The first-order valence-corrected chi connectivity index (χ1v) is 4.98. The van der Waals surface area contributed by atoms with Crippen LogP contribution in [0.4, 0.5) is 0 Å². The van der Waals surface area contributed by atoms with Crippen LogP contribution in [0.15, 0.2) is 10.9 Å². The fourth-order valence-corrected chi connectivity index (χ4v) is 1.42. The molecule has 84 valence electrons. The smallest absolute Gasteiger partial charge is 0.251 e. The van der Waals surface area contributed by atoms with Gasteiger partial charge in [-0.3, -0.25) is 4.79 Å². The van der Waals surface area contributed by atoms with E-state index in [2.05, 4.69) is 15.3 Å². The van der Waals surface area contributed by atoms with Crippen molar-refractivity contribution in [3.05, 3.63) is 27.9 Å². The summed E-state index contributed by atoms with van der Waals surface area (Å²) in [4.78, 5) is 18.4. The summed E-state index contributed by atoms with van der Waals surface area (Å²) < 4.78 is 5.22. The maximum absolute atomic E-state index is 11.3. The predicted octanol–water partition coefficient (Wildman–Crippen LogP) is 0.587. The minimum absolute atomic E-state index is 0.138. The Morgan fingerprint density at radius 1 is 1.67 bits per heavy atom. The molecule has 5 heteroatoms. The van der Waals surface area contributed by atoms with Crippen LogP contribution in [0.25, 0.3) is 0 Å². The third-order valence-corrected chi connectivity index (χ3v) is 2.13. The summed E-state index contributed by atoms with van der Waals surface area (Å²) in [6.07, 6.45) is 0.636. The highest BCUT2D eigenvalue weighted by Crippen LogP contribution is 2.14. The van der Waals surface area contributed by atoms with Crippen LogP contribution in [-0.4, -0.2) is 24.1 Å². The van der Waals surface area contributed by atoms with Gasteiger partial charge in [0, 0.05) is 19.7 Å². The standard InChI is InChI=1S/C10H17N3O2/c1-4-8(15-3)10-12-7(6-11-2)5-9(14)13-10/h5,8,11H,4,6H2,1-3H3,(H,12,13,14). The molecule has 0 saturated carbocycles. The van der Waals surface area contributed by atoms with Gasteiger partial charge in [-0.2, -0.15) is 0 Å². The Morgan fingerprint density at radius 2 is 2.40 bits per heavy atom. The highest BCUT2D eigenvalue weighted by molar-refractivity contribution is 5.04. The van der Waals surface area contributed by atoms with E-state index < -0.39 is 0 Å². The highest BCUT2D eigenvalue weighted by Gasteiger charge is 2.11. The Hall–Kier alpha value is -1.20. The second-order valence-electron chi connectivity index (χ2n) is 3.28. The van der Waals surface area contributed by atoms with E-state index >= 15 is 0 Å². The van der Waals surface area contributed by atoms with Crippen LogP contribution in [0.5, 0.6) is 0 Å². The quantitative estimate of drug-likeness (QED) is 0.748. The van der Waals surface area contributed by atoms with E-state index in [4.69, 9.17) is 4.74 Å². The van der Waals surface area contributed by atoms with Crippen LogP contribution in [0, 0.1) is 0 Å². The maximum atomic E-state index is 11.3. The predicted molar refractivity (Wildman–Crippen MR) is 57.7 cm³/mol. The van der Waals surface area contributed by atoms with Crippen LogP contribution < -0.4 is 10.9 Å². The Balaban J connectivity index is 3.02. The molecule has 1 rings (SSSR count). The molecule has 0 aromatic carbocycles. The molecule has 1 atom stereocenters. The Morgan fingerprint density at radius 3 is 2.93 bits per heavy atom. The van der Waals surface area contributed by atoms with E-state index in [9.17, 15) is 4.79 Å². The summed E-state index contributed by atoms with van der Waals surface area (Å²) in [7, 11) is 3.43. The molecule has 15 heavy (non-hydrogen) atoms. The molecule has 5 nitrogen and oxygen atoms in total. The van der Waals surface area contributed by atoms with Crippen molar-refractivity contribution in [1.29, 1.82) is 0 Å². The van der Waals surface area contributed by atoms with Gasteiger partial charge in [0.05, 0.1) is 5.69 Å². The summed E-state index contributed by atoms with van der Waals surface area (Å²) in [6.45, 7) is 2.57. The third kappa shape index (κ3) is 3.14. The van der Waals surface area contributed by atoms with Gasteiger partial charge in [0.2, 0.25) is 0 Å². The molecular formula is C10H17N3O2. The Bertz CT molecular complexity index is 358. The largest absolute Gasteiger partial charge is 0.374 e. The van der Waals surface area contributed by atoms with Crippen LogP contribution in [0.2, 0.25) is 0 Å². The Kier molecular flexibility index (Phi) is 4.45. The van der Waals surface area contributed by atoms with Crippen LogP contribution in [0.1, 0.15) is 31.0 Å². The lowest BCUT2D eigenvalue weighted by Crippen LogP contribution is -2.19. The van der Waals surface area contributed by atoms with Crippen molar-refractivity contribution in [3.63, 3.8) is 0 Å². The average molecular weight is 211 g/mol. The summed E-state index contributed by atoms with van der Waals surface area (Å²) >= 11 is 0. The molecule has 0 aliphatic rings. The van der Waals surface area contributed by atoms with Crippen molar-refractivity contribution in [2.75, 3.05) is 14.2 Å². The van der Waals surface area contributed by atoms with Gasteiger partial charge in [-0.25, -0.2) is 4.98 Å². The summed E-state index contributed by atoms with van der Waals surface area (Å²) in [5.74, 6) is 0.595. The second-order valence-corrected chi connectivity index (χ2v) is 3.28. The molecular weight excluding hydrogens is 194 g/mol. The SMILES string of the molecule is CCC(OC)c1nc(CNC)cc(=O)[nH]1. The van der Waals surface area contributed by atoms with E-state index in [0.717, 1.165) is 12.1 Å². The minimum Gasteiger partial charge on any atom is -0.374 e. The summed E-state index contributed by atoms with van der Waals surface area (Å²) in [6, 6.07) is 1.49. The lowest BCUT2D eigenvalue weighted by atomic mass is 10.2. The van der Waals surface area contributed by atoms with Gasteiger partial charge in [-0.05, 0) is 13.5 Å². The van der Waals surface area contributed by atoms with Gasteiger partial charge in [0.25, 0.3) is 5.56 Å². The molecule has 0 amide bonds. The molecule has 1 aromatic rings. The van der Waals surface area contributed by atoms with E-state index in [0.29, 0.717) is 12.4 Å². The van der Waals surface area contributed by atoms with Crippen molar-refractivity contribution in [1.82, 2.24) is 15.3 Å². The molecule has 0 bridgehead atoms. The maximum Gasteiger partial charge on any atom is 0.251 e. The normalized spacial score (nSPS) is 12.7. The second kappa shape index (κ2) is 5.63. The zero-order valence-corrected chi connectivity index (χ0v) is 9.33. The molecule has 0 saturated heterocycles. The zero-order valence-electron chi connectivity index (χ0n) is 9.33. The van der Waals surface area contributed by atoms with Crippen LogP contribution in [0.3, 0.4) is 0 Å². The molecule has 0 aliphatic carbocycles. The average Bonchev–Trinajstić information content (AvgIpc) is 2.19. The minimum atomic E-state index is -0.144. The van der Waals surface area contributed by atoms with E-state index in [-0.39, 0.29) is 11.7 Å². The zero-order chi connectivity index (χ0) is 11.3. The summed E-state index contributed by atoms with van der Waals surface area (Å²) in [5, 5.41) is 2.96. The number of ether oxygens (including phenoxy) is 1. The number of nitrogens with zero attached hydrogens (tertiary/aromatic N) is 1. The fourth-order valence-electron chi connectivity index (χ4n) is 1.42. The first kappa shape index (κ1) is 11.9. The molecule has 1 unspecified atom stereocenters. The molecule has 1 aromatic heterocycles. The number of aromatic amines is 1. The number of rotatable bonds is 5. The number of hydrogen-bond acceptors (Lipinski definition) is 4. The van der Waals surface area contributed by atoms with Gasteiger partial charge in [0.15, 0.2) is 0 Å². The van der Waals surface area contributed by atoms with Gasteiger partial charge < -0.3 is 15.0 Å². The van der Waals surface area contributed by atoms with Crippen molar-refractivity contribution < 1.29 is 4.74 Å². The lowest BCUT2D eigenvalue weighted by Gasteiger charge is -2.12. The van der Waals surface area contributed by atoms with Gasteiger partial charge in [-0.1, -0.05) is 6.92 Å². The molecule has 0 fully saturated rings. The van der Waals surface area contributed by atoms with E-state index in [1.807, 2.05) is 14.0 Å². The Labute approximate surface area is 88.9 Å². The van der Waals surface area contributed by atoms with Gasteiger partial charge in [0.1, 0.15) is 11.9 Å². The van der Waals surface area contributed by atoms with E-state index in [1.165, 1.54) is 6.07 Å².